The van der Waals surface area contributed by atoms with Gasteiger partial charge in [0.25, 0.3) is 0 Å². The van der Waals surface area contributed by atoms with E-state index in [2.05, 4.69) is 27.2 Å². The van der Waals surface area contributed by atoms with Crippen LogP contribution in [0.15, 0.2) is 48.5 Å². The Morgan fingerprint density at radius 1 is 1.08 bits per heavy atom. The maximum absolute atomic E-state index is 12.0. The normalized spacial score (nSPS) is 17.6. The van der Waals surface area contributed by atoms with E-state index in [9.17, 15) is 18.0 Å². The first kappa shape index (κ1) is 31.2. The summed E-state index contributed by atoms with van der Waals surface area (Å²) in [4.78, 5) is 25.1. The van der Waals surface area contributed by atoms with Gasteiger partial charge in [-0.3, -0.25) is 14.4 Å². The van der Waals surface area contributed by atoms with Crippen LogP contribution in [0.5, 0.6) is 11.5 Å². The predicted molar refractivity (Wildman–Crippen MR) is 150 cm³/mol. The molecule has 0 aliphatic carbocycles. The molecule has 3 rings (SSSR count). The van der Waals surface area contributed by atoms with E-state index in [1.54, 1.807) is 24.3 Å². The van der Waals surface area contributed by atoms with E-state index in [1.807, 2.05) is 24.3 Å². The van der Waals surface area contributed by atoms with Crippen molar-refractivity contribution >= 4 is 40.1 Å². The van der Waals surface area contributed by atoms with Crippen molar-refractivity contribution in [2.45, 2.75) is 57.7 Å². The van der Waals surface area contributed by atoms with Crippen LogP contribution in [0.4, 0.5) is 10.5 Å². The summed E-state index contributed by atoms with van der Waals surface area (Å²) in [6.07, 6.45) is 5.97. The molecule has 2 aromatic rings. The largest absolute Gasteiger partial charge is 0.480 e. The fraction of sp³-hybridized carbons (Fsp3) is 0.462. The standard InChI is InChI=1S/C26H36N4O6S.ClH/c1-3-4-5-22-16-21(28-26(33)27-17-25(31)32)14-15-30(22)18-19-6-10-23(11-7-19)36-24-12-8-20(9-13-24)29-37(2,34)35;/h6-13,21-22,29H,3-5,14-18H2,1-2H3,(H,31,32)(H2,27,28,33);1H. The van der Waals surface area contributed by atoms with Gasteiger partial charge in [-0.05, 0) is 61.2 Å². The van der Waals surface area contributed by atoms with Gasteiger partial charge in [0.1, 0.15) is 18.0 Å². The number of benzene rings is 2. The Balaban J connectivity index is 0.00000507. The number of carbonyl (C=O) groups is 2. The van der Waals surface area contributed by atoms with Crippen molar-refractivity contribution in [1.82, 2.24) is 15.5 Å². The monoisotopic (exact) mass is 568 g/mol. The molecule has 2 amide bonds. The Morgan fingerprint density at radius 2 is 1.71 bits per heavy atom. The first-order valence-electron chi connectivity index (χ1n) is 12.5. The maximum Gasteiger partial charge on any atom is 0.323 e. The molecular weight excluding hydrogens is 532 g/mol. The summed E-state index contributed by atoms with van der Waals surface area (Å²) in [7, 11) is -3.32. The highest BCUT2D eigenvalue weighted by atomic mass is 35.5. The number of aliphatic carboxylic acids is 1. The lowest BCUT2D eigenvalue weighted by Gasteiger charge is -2.40. The molecule has 0 spiro atoms. The number of piperidine rings is 1. The number of unbranched alkanes of at least 4 members (excludes halogenated alkanes) is 1. The molecule has 12 heteroatoms. The number of nitrogens with one attached hydrogen (secondary N) is 3. The molecule has 2 atom stereocenters. The second-order valence-corrected chi connectivity index (χ2v) is 11.1. The van der Waals surface area contributed by atoms with Crippen LogP contribution in [0.1, 0.15) is 44.6 Å². The third kappa shape index (κ3) is 10.8. The van der Waals surface area contributed by atoms with Gasteiger partial charge in [0.15, 0.2) is 0 Å². The molecule has 0 saturated carbocycles. The second-order valence-electron chi connectivity index (χ2n) is 9.35. The van der Waals surface area contributed by atoms with Gasteiger partial charge in [-0.15, -0.1) is 12.4 Å². The van der Waals surface area contributed by atoms with E-state index in [1.165, 1.54) is 0 Å². The molecule has 38 heavy (non-hydrogen) atoms. The molecule has 1 aliphatic rings. The minimum Gasteiger partial charge on any atom is -0.480 e. The highest BCUT2D eigenvalue weighted by molar-refractivity contribution is 7.92. The van der Waals surface area contributed by atoms with Gasteiger partial charge in [0.2, 0.25) is 10.0 Å². The van der Waals surface area contributed by atoms with Crippen LogP contribution in [-0.2, 0) is 21.4 Å². The smallest absolute Gasteiger partial charge is 0.323 e. The van der Waals surface area contributed by atoms with Crippen molar-refractivity contribution in [3.05, 3.63) is 54.1 Å². The Kier molecular flexibility index (Phi) is 12.1. The van der Waals surface area contributed by atoms with Crippen LogP contribution in [-0.4, -0.2) is 61.9 Å². The molecule has 0 bridgehead atoms. The topological polar surface area (TPSA) is 137 Å². The first-order valence-corrected chi connectivity index (χ1v) is 14.4. The molecule has 2 unspecified atom stereocenters. The average molecular weight is 569 g/mol. The van der Waals surface area contributed by atoms with E-state index in [-0.39, 0.29) is 18.4 Å². The number of hydrogen-bond acceptors (Lipinski definition) is 6. The average Bonchev–Trinajstić information content (AvgIpc) is 2.84. The van der Waals surface area contributed by atoms with Gasteiger partial charge >= 0.3 is 12.0 Å². The molecule has 1 fully saturated rings. The van der Waals surface area contributed by atoms with E-state index >= 15 is 0 Å². The quantitative estimate of drug-likeness (QED) is 0.301. The zero-order chi connectivity index (χ0) is 26.8. The van der Waals surface area contributed by atoms with Crippen molar-refractivity contribution in [1.29, 1.82) is 0 Å². The maximum atomic E-state index is 12.0. The van der Waals surface area contributed by atoms with Crippen molar-refractivity contribution < 1.29 is 27.9 Å². The number of ether oxygens (including phenoxy) is 1. The summed E-state index contributed by atoms with van der Waals surface area (Å²) in [5.41, 5.74) is 1.63. The third-order valence-electron chi connectivity index (χ3n) is 6.17. The number of halogens is 1. The van der Waals surface area contributed by atoms with Crippen molar-refractivity contribution in [3.8, 4) is 11.5 Å². The van der Waals surface area contributed by atoms with E-state index in [0.717, 1.165) is 57.0 Å². The number of nitrogens with zero attached hydrogens (tertiary/aromatic N) is 1. The van der Waals surface area contributed by atoms with Gasteiger partial charge < -0.3 is 20.5 Å². The molecule has 0 radical (unpaired) electrons. The second kappa shape index (κ2) is 14.8. The number of sulfonamides is 1. The SMILES string of the molecule is CCCCC1CC(NC(=O)NCC(=O)O)CCN1Cc1ccc(Oc2ccc(NS(C)(=O)=O)cc2)cc1.Cl. The number of amides is 2. The number of carboxylic acid groups (broad SMARTS) is 1. The third-order valence-corrected chi connectivity index (χ3v) is 6.77. The van der Waals surface area contributed by atoms with Crippen molar-refractivity contribution in [2.75, 3.05) is 24.1 Å². The van der Waals surface area contributed by atoms with Crippen LogP contribution in [0.25, 0.3) is 0 Å². The summed E-state index contributed by atoms with van der Waals surface area (Å²) in [6, 6.07) is 14.5. The van der Waals surface area contributed by atoms with Gasteiger partial charge in [-0.25, -0.2) is 13.2 Å². The minimum atomic E-state index is -3.32. The molecule has 1 saturated heterocycles. The van der Waals surface area contributed by atoms with E-state index in [0.29, 0.717) is 23.2 Å². The van der Waals surface area contributed by atoms with Crippen LogP contribution < -0.4 is 20.1 Å². The Bertz CT molecular complexity index is 1150. The number of rotatable bonds is 12. The van der Waals surface area contributed by atoms with Gasteiger partial charge in [-0.2, -0.15) is 0 Å². The number of urea groups is 1. The van der Waals surface area contributed by atoms with Gasteiger partial charge in [-0.1, -0.05) is 31.9 Å². The van der Waals surface area contributed by atoms with Crippen LogP contribution >= 0.6 is 12.4 Å². The first-order chi connectivity index (χ1) is 17.6. The molecule has 0 aromatic heterocycles. The lowest BCUT2D eigenvalue weighted by Crippen LogP contribution is -2.52. The number of carboxylic acids is 1. The molecule has 1 aliphatic heterocycles. The lowest BCUT2D eigenvalue weighted by atomic mass is 9.93. The summed E-state index contributed by atoms with van der Waals surface area (Å²) in [6.45, 7) is 3.40. The Morgan fingerprint density at radius 3 is 2.29 bits per heavy atom. The fourth-order valence-corrected chi connectivity index (χ4v) is 4.97. The van der Waals surface area contributed by atoms with Gasteiger partial charge in [0, 0.05) is 30.9 Å². The van der Waals surface area contributed by atoms with Crippen molar-refractivity contribution in [2.24, 2.45) is 0 Å². The zero-order valence-electron chi connectivity index (χ0n) is 21.7. The minimum absolute atomic E-state index is 0. The summed E-state index contributed by atoms with van der Waals surface area (Å²) < 4.78 is 31.0. The number of anilines is 1. The van der Waals surface area contributed by atoms with Gasteiger partial charge in [0.05, 0.1) is 6.26 Å². The van der Waals surface area contributed by atoms with Crippen LogP contribution in [0, 0.1) is 0 Å². The number of hydrogen-bond donors (Lipinski definition) is 4. The Labute approximate surface area is 230 Å². The van der Waals surface area contributed by atoms with E-state index < -0.39 is 28.6 Å². The fourth-order valence-electron chi connectivity index (χ4n) is 4.41. The van der Waals surface area contributed by atoms with E-state index in [4.69, 9.17) is 9.84 Å². The van der Waals surface area contributed by atoms with Crippen LogP contribution in [0.2, 0.25) is 0 Å². The number of carbonyl (C=O) groups excluding carboxylic acids is 1. The Hall–Kier alpha value is -3.02. The van der Waals surface area contributed by atoms with Crippen molar-refractivity contribution in [3.63, 3.8) is 0 Å². The summed E-state index contributed by atoms with van der Waals surface area (Å²) >= 11 is 0. The summed E-state index contributed by atoms with van der Waals surface area (Å²) in [5.74, 6) is 0.223. The highest BCUT2D eigenvalue weighted by Crippen LogP contribution is 2.27. The number of likely N-dealkylation sites (tertiary alicyclic amines) is 1. The molecule has 4 N–H and O–H groups in total. The molecule has 1 heterocycles. The lowest BCUT2D eigenvalue weighted by molar-refractivity contribution is -0.135. The highest BCUT2D eigenvalue weighted by Gasteiger charge is 2.29. The molecule has 2 aromatic carbocycles. The molecule has 10 nitrogen and oxygen atoms in total. The molecular formula is C26H37ClN4O6S. The predicted octanol–water partition coefficient (Wildman–Crippen LogP) is 4.18. The summed E-state index contributed by atoms with van der Waals surface area (Å²) in [5, 5.41) is 14.0. The van der Waals surface area contributed by atoms with Crippen LogP contribution in [0.3, 0.4) is 0 Å². The zero-order valence-corrected chi connectivity index (χ0v) is 23.3. The molecule has 210 valence electrons.